The number of likely N-dealkylation sites (N-methyl/N-ethyl adjacent to an activating group) is 1. The van der Waals surface area contributed by atoms with Crippen LogP contribution in [0.5, 0.6) is 5.75 Å². The van der Waals surface area contributed by atoms with E-state index in [1.54, 1.807) is 0 Å². The quantitative estimate of drug-likeness (QED) is 0.174. The summed E-state index contributed by atoms with van der Waals surface area (Å²) in [4.78, 5) is 54.2. The summed E-state index contributed by atoms with van der Waals surface area (Å²) < 4.78 is 8.74. The number of benzene rings is 1. The highest BCUT2D eigenvalue weighted by atomic mass is 31.1. The van der Waals surface area contributed by atoms with Crippen LogP contribution < -0.4 is 5.73 Å². The van der Waals surface area contributed by atoms with Crippen LogP contribution in [0.25, 0.3) is 0 Å². The molecule has 14 heteroatoms. The molecule has 3 aliphatic rings. The first-order valence-electron chi connectivity index (χ1n) is 10.6. The average molecular weight is 526 g/mol. The Morgan fingerprint density at radius 2 is 1.69 bits per heavy atom. The first-order valence-corrected chi connectivity index (χ1v) is 11.9. The summed E-state index contributed by atoms with van der Waals surface area (Å²) in [5.41, 5.74) is -0.654. The number of hydrogen-bond acceptors (Lipinski definition) is 10. The molecule has 0 saturated carbocycles. The molecule has 0 aliphatic heterocycles. The van der Waals surface area contributed by atoms with Crippen molar-refractivity contribution in [3.63, 3.8) is 0 Å². The van der Waals surface area contributed by atoms with Gasteiger partial charge in [-0.3, -0.25) is 23.8 Å². The zero-order valence-electron chi connectivity index (χ0n) is 19.5. The molecule has 36 heavy (non-hydrogen) atoms. The molecule has 0 spiro atoms. The van der Waals surface area contributed by atoms with Crippen LogP contribution in [0.1, 0.15) is 29.3 Å². The van der Waals surface area contributed by atoms with Gasteiger partial charge in [0.25, 0.3) is 5.91 Å². The average Bonchev–Trinajstić information content (AvgIpc) is 2.73. The molecular weight excluding hydrogens is 499 g/mol. The Morgan fingerprint density at radius 3 is 2.19 bits per heavy atom. The summed E-state index contributed by atoms with van der Waals surface area (Å²) >= 11 is 0. The van der Waals surface area contributed by atoms with E-state index in [0.717, 1.165) is 0 Å². The van der Waals surface area contributed by atoms with E-state index >= 15 is 0 Å². The zero-order chi connectivity index (χ0) is 27.5. The minimum atomic E-state index is -3.13. The van der Waals surface area contributed by atoms with Crippen molar-refractivity contribution in [2.45, 2.75) is 30.6 Å². The molecule has 9 N–H and O–H groups in total. The van der Waals surface area contributed by atoms with E-state index in [1.807, 2.05) is 0 Å². The highest BCUT2D eigenvalue weighted by Gasteiger charge is 2.65. The van der Waals surface area contributed by atoms with Crippen molar-refractivity contribution < 1.29 is 54.3 Å². The second-order valence-corrected chi connectivity index (χ2v) is 9.81. The molecule has 0 radical (unpaired) electrons. The van der Waals surface area contributed by atoms with Crippen molar-refractivity contribution in [1.82, 2.24) is 4.90 Å². The van der Waals surface area contributed by atoms with E-state index in [4.69, 9.17) is 20.1 Å². The van der Waals surface area contributed by atoms with Gasteiger partial charge in [0, 0.05) is 17.4 Å². The molecule has 0 bridgehead atoms. The highest BCUT2D eigenvalue weighted by Crippen LogP contribution is 2.56. The second-order valence-electron chi connectivity index (χ2n) is 9.24. The fourth-order valence-corrected chi connectivity index (χ4v) is 5.51. The lowest BCUT2D eigenvalue weighted by Crippen LogP contribution is -2.65. The summed E-state index contributed by atoms with van der Waals surface area (Å²) in [5, 5.41) is 55.0. The van der Waals surface area contributed by atoms with Gasteiger partial charge in [0.05, 0.1) is 17.2 Å². The van der Waals surface area contributed by atoms with Gasteiger partial charge < -0.3 is 41.1 Å². The summed E-state index contributed by atoms with van der Waals surface area (Å²) in [6.07, 6.45) is -0.200. The Labute approximate surface area is 205 Å². The lowest BCUT2D eigenvalue weighted by atomic mass is 9.55. The van der Waals surface area contributed by atoms with Crippen molar-refractivity contribution >= 4 is 25.7 Å². The lowest BCUT2D eigenvalue weighted by molar-refractivity contribution is -0.151. The number of aliphatic hydroxyl groups is 4. The number of ketones is 2. The molecule has 0 saturated heterocycles. The van der Waals surface area contributed by atoms with Crippen molar-refractivity contribution in [3.05, 3.63) is 52.0 Å². The van der Waals surface area contributed by atoms with Gasteiger partial charge >= 0.3 is 8.25 Å². The number of amides is 1. The number of carbonyl (C=O) groups excluding carboxylic acids is 3. The monoisotopic (exact) mass is 526 g/mol. The molecule has 1 aromatic rings. The predicted molar refractivity (Wildman–Crippen MR) is 123 cm³/mol. The SMILES string of the molecule is CN(C)[C@@H]1C(O)=C(C(N)=O)C(=O)[C@@]2(O)C(O)=C3C(=O)c4c(O)cccc4[C@@](C)(O)[C@H]3C[C@@H]12.O=[PH](O)O. The highest BCUT2D eigenvalue weighted by molar-refractivity contribution is 7.30. The Balaban J connectivity index is 0.000000840. The summed E-state index contributed by atoms with van der Waals surface area (Å²) in [6, 6.07) is 3.05. The first kappa shape index (κ1) is 27.5. The number of hydrogen-bond donors (Lipinski definition) is 8. The standard InChI is InChI=1S/C22H24N2O8.H3O3P/c1-21(31)8-5-4-6-11(25)12(8)16(26)13-9(21)7-10-15(24(2)3)17(27)14(20(23)30)19(29)22(10,32)18(13)28;1-4(2)3/h4-6,9-10,15,25,27-28,31-32H,7H2,1-3H3,(H2,23,30);4H,(H2,1,2,3)/t9-,10-,15-,21+,22-;/m0./s1. The number of rotatable bonds is 2. The maximum absolute atomic E-state index is 13.3. The van der Waals surface area contributed by atoms with Gasteiger partial charge in [-0.15, -0.1) is 0 Å². The van der Waals surface area contributed by atoms with Crippen LogP contribution in [0.3, 0.4) is 0 Å². The van der Waals surface area contributed by atoms with Crippen LogP contribution in [0, 0.1) is 11.8 Å². The maximum Gasteiger partial charge on any atom is 0.314 e. The van der Waals surface area contributed by atoms with Crippen molar-refractivity contribution in [2.24, 2.45) is 17.6 Å². The number of nitrogens with two attached hydrogens (primary N) is 1. The molecule has 4 rings (SSSR count). The molecule has 0 unspecified atom stereocenters. The van der Waals surface area contributed by atoms with Crippen molar-refractivity contribution in [1.29, 1.82) is 0 Å². The fourth-order valence-electron chi connectivity index (χ4n) is 5.51. The second kappa shape index (κ2) is 9.11. The van der Waals surface area contributed by atoms with Crippen LogP contribution >= 0.6 is 8.25 Å². The van der Waals surface area contributed by atoms with Gasteiger partial charge in [0.15, 0.2) is 11.4 Å². The number of fused-ring (bicyclic) bond motifs is 3. The van der Waals surface area contributed by atoms with Gasteiger partial charge in [-0.1, -0.05) is 12.1 Å². The normalized spacial score (nSPS) is 31.5. The van der Waals surface area contributed by atoms with Gasteiger partial charge in [-0.05, 0) is 39.1 Å². The fraction of sp³-hybridized carbons (Fsp3) is 0.409. The molecule has 0 aromatic heterocycles. The number of aromatic hydroxyl groups is 1. The van der Waals surface area contributed by atoms with E-state index in [9.17, 15) is 39.9 Å². The largest absolute Gasteiger partial charge is 0.510 e. The van der Waals surface area contributed by atoms with Gasteiger partial charge in [0.2, 0.25) is 5.78 Å². The number of phenols is 1. The van der Waals surface area contributed by atoms with Gasteiger partial charge in [-0.25, -0.2) is 0 Å². The lowest BCUT2D eigenvalue weighted by Gasteiger charge is -2.52. The molecule has 0 fully saturated rings. The molecule has 0 heterocycles. The third-order valence-corrected chi connectivity index (χ3v) is 7.02. The van der Waals surface area contributed by atoms with E-state index in [-0.39, 0.29) is 17.5 Å². The van der Waals surface area contributed by atoms with Crippen LogP contribution in [0.4, 0.5) is 0 Å². The van der Waals surface area contributed by atoms with E-state index < -0.39 is 83.2 Å². The van der Waals surface area contributed by atoms with Crippen LogP contribution in [-0.2, 0) is 19.8 Å². The number of nitrogens with zero attached hydrogens (tertiary/aromatic N) is 1. The molecule has 3 aliphatic carbocycles. The number of carbonyl (C=O) groups is 3. The minimum absolute atomic E-state index is 0.135. The smallest absolute Gasteiger partial charge is 0.314 e. The predicted octanol–water partition coefficient (Wildman–Crippen LogP) is -0.854. The number of Topliss-reactive ketones (excluding diaryl/α,β-unsaturated/α-hetero) is 2. The molecule has 1 aromatic carbocycles. The number of primary amides is 1. The zero-order valence-corrected chi connectivity index (χ0v) is 20.5. The Bertz CT molecular complexity index is 1250. The Kier molecular flexibility index (Phi) is 6.96. The van der Waals surface area contributed by atoms with E-state index in [2.05, 4.69) is 0 Å². The third-order valence-electron chi connectivity index (χ3n) is 7.02. The topological polar surface area (TPSA) is 239 Å². The Morgan fingerprint density at radius 1 is 1.14 bits per heavy atom. The van der Waals surface area contributed by atoms with E-state index in [0.29, 0.717) is 0 Å². The van der Waals surface area contributed by atoms with Crippen molar-refractivity contribution in [3.8, 4) is 5.75 Å². The van der Waals surface area contributed by atoms with Crippen LogP contribution in [0.2, 0.25) is 0 Å². The molecule has 1 amide bonds. The summed E-state index contributed by atoms with van der Waals surface area (Å²) in [6.45, 7) is 1.40. The van der Waals surface area contributed by atoms with Gasteiger partial charge in [-0.2, -0.15) is 0 Å². The van der Waals surface area contributed by atoms with E-state index in [1.165, 1.54) is 44.1 Å². The van der Waals surface area contributed by atoms with Gasteiger partial charge in [0.1, 0.15) is 22.8 Å². The summed E-state index contributed by atoms with van der Waals surface area (Å²) in [5.74, 6) is -7.89. The maximum atomic E-state index is 13.3. The number of aliphatic hydroxyl groups excluding tert-OH is 2. The Hall–Kier alpha value is -3.06. The number of phenolic OH excluding ortho intramolecular Hbond substituents is 1. The van der Waals surface area contributed by atoms with Crippen LogP contribution in [-0.4, -0.2) is 83.4 Å². The first-order chi connectivity index (χ1) is 16.5. The third kappa shape index (κ3) is 3.84. The minimum Gasteiger partial charge on any atom is -0.510 e. The summed E-state index contributed by atoms with van der Waals surface area (Å²) in [7, 11) is -0.0671. The van der Waals surface area contributed by atoms with Crippen molar-refractivity contribution in [2.75, 3.05) is 14.1 Å². The molecular formula is C22H27N2O11P. The molecule has 13 nitrogen and oxygen atoms in total. The van der Waals surface area contributed by atoms with Crippen LogP contribution in [0.15, 0.2) is 40.9 Å². The molecule has 196 valence electrons. The molecule has 5 atom stereocenters.